The van der Waals surface area contributed by atoms with Crippen LogP contribution >= 0.6 is 0 Å². The van der Waals surface area contributed by atoms with E-state index in [-0.39, 0.29) is 130 Å². The van der Waals surface area contributed by atoms with Crippen LogP contribution in [0.25, 0.3) is 22.3 Å². The first-order chi connectivity index (χ1) is 58.3. The molecule has 0 bridgehead atoms. The van der Waals surface area contributed by atoms with Gasteiger partial charge in [-0.2, -0.15) is 0 Å². The molecule has 4 aromatic rings. The fraction of sp³-hybridized carbons (Fsp3) is 0.590. The molecule has 672 valence electrons. The molecule has 4 aromatic carbocycles. The third-order valence-electron chi connectivity index (χ3n) is 20.0. The summed E-state index contributed by atoms with van der Waals surface area (Å²) in [4.78, 5) is 126. The average Bonchev–Trinajstić information content (AvgIpc) is 1.62. The maximum Gasteiger partial charge on any atom is 0.338 e. The van der Waals surface area contributed by atoms with Gasteiger partial charge in [-0.15, -0.1) is 0 Å². The first-order valence-corrected chi connectivity index (χ1v) is 40.7. The number of benzene rings is 4. The zero-order valence-electron chi connectivity index (χ0n) is 69.7. The highest BCUT2D eigenvalue weighted by Gasteiger charge is 2.41. The van der Waals surface area contributed by atoms with E-state index in [4.69, 9.17) is 85.6 Å². The number of likely N-dealkylation sites (N-methyl/N-ethyl adjacent to an activating group) is 4. The van der Waals surface area contributed by atoms with E-state index in [2.05, 4.69) is 34.6 Å². The molecule has 2 heterocycles. The number of ketones is 3. The highest BCUT2D eigenvalue weighted by Crippen LogP contribution is 2.41. The molecule has 2 fully saturated rings. The molecular formula is C83H120N4O34+4. The Balaban J connectivity index is 0.000000311. The van der Waals surface area contributed by atoms with Crippen LogP contribution in [-0.4, -0.2) is 368 Å². The van der Waals surface area contributed by atoms with Crippen LogP contribution in [0.4, 0.5) is 0 Å². The monoisotopic (exact) mass is 1720 g/mol. The number of ether oxygens (including phenoxy) is 17. The number of aliphatic carboxylic acids is 6. The van der Waals surface area contributed by atoms with Gasteiger partial charge in [0.1, 0.15) is 95.3 Å². The van der Waals surface area contributed by atoms with Crippen molar-refractivity contribution in [2.75, 3.05) is 224 Å². The van der Waals surface area contributed by atoms with Crippen LogP contribution in [0.2, 0.25) is 0 Å². The smallest absolute Gasteiger partial charge is 0.338 e. The lowest BCUT2D eigenvalue weighted by Crippen LogP contribution is -3.12. The van der Waals surface area contributed by atoms with Crippen molar-refractivity contribution < 1.29 is 184 Å². The van der Waals surface area contributed by atoms with Crippen LogP contribution in [0, 0.1) is 0 Å². The molecule has 2 saturated heterocycles. The predicted molar refractivity (Wildman–Crippen MR) is 425 cm³/mol. The minimum absolute atomic E-state index is 0.0244. The van der Waals surface area contributed by atoms with Gasteiger partial charge in [-0.3, -0.25) is 14.4 Å². The summed E-state index contributed by atoms with van der Waals surface area (Å²) < 4.78 is 92.3. The lowest BCUT2D eigenvalue weighted by Gasteiger charge is -2.24. The minimum atomic E-state index is -1.82. The Morgan fingerprint density at radius 3 is 0.777 bits per heavy atom. The highest BCUT2D eigenvalue weighted by atomic mass is 16.6. The van der Waals surface area contributed by atoms with Crippen molar-refractivity contribution in [2.45, 2.75) is 97.3 Å². The molecule has 0 radical (unpaired) electrons. The first-order valence-electron chi connectivity index (χ1n) is 40.7. The molecule has 38 heteroatoms. The van der Waals surface area contributed by atoms with E-state index < -0.39 is 96.4 Å². The van der Waals surface area contributed by atoms with Gasteiger partial charge < -0.3 is 136 Å². The van der Waals surface area contributed by atoms with Crippen LogP contribution in [0.15, 0.2) is 72.8 Å². The van der Waals surface area contributed by atoms with Crippen LogP contribution < -0.4 is 38.5 Å². The molecule has 2 aliphatic carbocycles. The van der Waals surface area contributed by atoms with Gasteiger partial charge in [0.05, 0.1) is 152 Å². The number of carboxylic acids is 6. The van der Waals surface area contributed by atoms with Gasteiger partial charge in [0, 0.05) is 22.3 Å². The van der Waals surface area contributed by atoms with Crippen molar-refractivity contribution in [3.8, 4) is 45.3 Å². The number of aliphatic hydroxyl groups excluding tert-OH is 1. The first kappa shape index (κ1) is 101. The molecule has 38 nitrogen and oxygen atoms in total. The van der Waals surface area contributed by atoms with Crippen molar-refractivity contribution in [3.63, 3.8) is 0 Å². The van der Waals surface area contributed by atoms with Crippen molar-refractivity contribution in [1.29, 1.82) is 0 Å². The molecule has 10 atom stereocenters. The van der Waals surface area contributed by atoms with E-state index in [1.165, 1.54) is 21.6 Å². The topological polar surface area (TPSA) is 487 Å². The normalized spacial score (nSPS) is 21.0. The fourth-order valence-corrected chi connectivity index (χ4v) is 13.1. The molecule has 11 N–H and O–H groups in total. The maximum atomic E-state index is 13.4. The molecular weight excluding hydrogens is 1600 g/mol. The summed E-state index contributed by atoms with van der Waals surface area (Å²) in [7, 11) is 0. The summed E-state index contributed by atoms with van der Waals surface area (Å²) >= 11 is 0. The van der Waals surface area contributed by atoms with Gasteiger partial charge in [0.2, 0.25) is 0 Å². The quantitative estimate of drug-likeness (QED) is 0.0188. The summed E-state index contributed by atoms with van der Waals surface area (Å²) in [5.74, 6) is -7.90. The number of fused-ring (bicyclic) bond motifs is 6. The second-order valence-corrected chi connectivity index (χ2v) is 27.8. The fourth-order valence-electron chi connectivity index (χ4n) is 13.1. The van der Waals surface area contributed by atoms with E-state index in [9.17, 15) is 78.6 Å². The van der Waals surface area contributed by atoms with Crippen LogP contribution in [0.1, 0.15) is 80.3 Å². The summed E-state index contributed by atoms with van der Waals surface area (Å²) in [6.07, 6.45) is -13.5. The number of esters is 1. The Labute approximate surface area is 701 Å². The highest BCUT2D eigenvalue weighted by molar-refractivity contribution is 6.23. The van der Waals surface area contributed by atoms with Crippen molar-refractivity contribution in [3.05, 3.63) is 95.1 Å². The summed E-state index contributed by atoms with van der Waals surface area (Å²) in [6, 6.07) is 22.6. The molecule has 121 heavy (non-hydrogen) atoms. The zero-order valence-corrected chi connectivity index (χ0v) is 69.7. The van der Waals surface area contributed by atoms with Crippen LogP contribution in [0.5, 0.6) is 23.0 Å². The van der Waals surface area contributed by atoms with Gasteiger partial charge >= 0.3 is 41.8 Å². The molecule has 10 unspecified atom stereocenters. The number of quaternary nitrogens is 4. The second kappa shape index (κ2) is 55.0. The predicted octanol–water partition coefficient (Wildman–Crippen LogP) is -2.24. The van der Waals surface area contributed by atoms with Crippen molar-refractivity contribution in [1.82, 2.24) is 0 Å². The van der Waals surface area contributed by atoms with Crippen LogP contribution in [-0.2, 0) is 99.9 Å². The van der Waals surface area contributed by atoms with Gasteiger partial charge in [0.25, 0.3) is 0 Å². The van der Waals surface area contributed by atoms with Crippen LogP contribution in [0.3, 0.4) is 0 Å². The summed E-state index contributed by atoms with van der Waals surface area (Å²) in [5, 5.41) is 65.6. The Kier molecular flexibility index (Phi) is 45.6. The molecule has 0 amide bonds. The number of nitrogens with one attached hydrogen (secondary N) is 4. The number of aliphatic hydroxyl groups is 1. The third-order valence-corrected chi connectivity index (χ3v) is 20.0. The maximum absolute atomic E-state index is 13.4. The molecule has 0 spiro atoms. The SMILES string of the molecule is CC(=O)C1OCCOCCOC(C(=O)O)C(C(=O)O)OCCOCCOC1C(=O)O.CC[NH+](CC)CCOc1ccc2c(c1)C(=O)c1cc(OCC[NH+](CC)CCO)ccc1-2.CC[NH+](CC)CCOc1ccc2c(c1)C(=O)c1cc(OCC[NH+](CC)CCOC(=O)C3OCCOCCOC(C(=O)O)C(C(=O)O)OCCOCCOC3C(=O)O)ccc1-2. The van der Waals surface area contributed by atoms with Crippen molar-refractivity contribution in [2.24, 2.45) is 0 Å². The number of rotatable bonds is 35. The molecule has 0 saturated carbocycles. The summed E-state index contributed by atoms with van der Waals surface area (Å²) in [6.45, 7) is 23.0. The van der Waals surface area contributed by atoms with E-state index in [0.717, 1.165) is 91.8 Å². The standard InChI is InChI=1S/C41H56N2O17.C25H34N2O4.C17H26O13/c1-4-42(5-2)11-14-54-27-7-9-29-30-10-8-28(26-32(30)33(44)31(29)25-27)55-15-12-43(6-3)13-16-60-41(51)37-36(40(49)50)58-23-19-52-17-21-56-34(38(45)46)35(39(47)48)57-22-18-53-20-24-59-37;1-4-26(5-2)12-15-30-19-7-9-21-22-10-8-20(18-24(22)25(29)23(21)17-19)31-16-13-27(6-3)11-14-28;1-10(18)11-12(15(19)20)28-7-3-26-5-9-30-14(17(23)24)13(16(21)22)29-8-4-25-2-6-27-11/h7-10,25-26,34-37H,4-6,11-24H2,1-3H3,(H,45,46)(H,47,48)(H,49,50);7-10,17-18,28H,4-6,11-16H2,1-3H3;11-14H,2-9H2,1H3,(H,19,20)(H,21,22)(H,23,24)/p+4. The van der Waals surface area contributed by atoms with E-state index in [1.807, 2.05) is 67.6 Å². The Morgan fingerprint density at radius 1 is 0.306 bits per heavy atom. The average molecular weight is 1720 g/mol. The number of hydrogen-bond donors (Lipinski definition) is 11. The number of carboxylic acid groups (broad SMARTS) is 6. The molecule has 0 aromatic heterocycles. The zero-order chi connectivity index (χ0) is 88.2. The van der Waals surface area contributed by atoms with Gasteiger partial charge in [-0.1, -0.05) is 0 Å². The Hall–Kier alpha value is -9.30. The van der Waals surface area contributed by atoms with E-state index in [1.54, 1.807) is 12.1 Å². The number of hydrogen-bond acceptors (Lipinski definition) is 28. The lowest BCUT2D eigenvalue weighted by molar-refractivity contribution is -0.898. The van der Waals surface area contributed by atoms with E-state index >= 15 is 0 Å². The Morgan fingerprint density at radius 2 is 0.529 bits per heavy atom. The Bertz CT molecular complexity index is 3820. The number of carbonyl (C=O) groups excluding carboxylic acids is 4. The molecule has 2 aliphatic heterocycles. The number of Topliss-reactive ketones (excluding diaryl/α,β-unsaturated/α-hetero) is 1. The largest absolute Gasteiger partial charge is 0.488 e. The molecule has 4 aliphatic rings. The molecule has 8 rings (SSSR count). The van der Waals surface area contributed by atoms with E-state index in [0.29, 0.717) is 85.6 Å². The van der Waals surface area contributed by atoms with Gasteiger partial charge in [-0.05, 0) is 144 Å². The second-order valence-electron chi connectivity index (χ2n) is 27.8. The third kappa shape index (κ3) is 32.8. The minimum Gasteiger partial charge on any atom is -0.488 e. The van der Waals surface area contributed by atoms with Crippen molar-refractivity contribution >= 4 is 59.1 Å². The summed E-state index contributed by atoms with van der Waals surface area (Å²) in [5.41, 5.74) is 6.15. The van der Waals surface area contributed by atoms with Gasteiger partial charge in [0.15, 0.2) is 66.2 Å². The number of carbonyl (C=O) groups is 10. The van der Waals surface area contributed by atoms with Gasteiger partial charge in [-0.25, -0.2) is 33.6 Å². The lowest BCUT2D eigenvalue weighted by atomic mass is 10.1.